The van der Waals surface area contributed by atoms with Crippen molar-refractivity contribution in [3.63, 3.8) is 0 Å². The maximum atomic E-state index is 8.36. The van der Waals surface area contributed by atoms with E-state index in [-0.39, 0.29) is 6.17 Å². The minimum Gasteiger partial charge on any atom is -0.328 e. The summed E-state index contributed by atoms with van der Waals surface area (Å²) in [6.45, 7) is 1.92. The highest BCUT2D eigenvalue weighted by molar-refractivity contribution is 4.55. The molecule has 12 heavy (non-hydrogen) atoms. The number of nitrogens with zero attached hydrogens (tertiary/aromatic N) is 5. The third-order valence-corrected chi connectivity index (χ3v) is 1.21. The van der Waals surface area contributed by atoms with Crippen LogP contribution in [-0.2, 0) is 0 Å². The van der Waals surface area contributed by atoms with Gasteiger partial charge in [0.1, 0.15) is 0 Å². The average molecular weight is 178 g/mol. The van der Waals surface area contributed by atoms with Crippen molar-refractivity contribution in [2.75, 3.05) is 7.05 Å². The van der Waals surface area contributed by atoms with Gasteiger partial charge in [0, 0.05) is 7.05 Å². The predicted molar refractivity (Wildman–Crippen MR) is 36.9 cm³/mol. The van der Waals surface area contributed by atoms with Crippen LogP contribution in [0.25, 0.3) is 0 Å². The van der Waals surface area contributed by atoms with Crippen molar-refractivity contribution in [2.45, 2.75) is 13.1 Å². The summed E-state index contributed by atoms with van der Waals surface area (Å²) in [5.41, 5.74) is 0. The van der Waals surface area contributed by atoms with Crippen LogP contribution in [0.1, 0.15) is 6.92 Å². The highest BCUT2D eigenvalue weighted by Crippen LogP contribution is 2.07. The van der Waals surface area contributed by atoms with Crippen molar-refractivity contribution in [3.8, 4) is 0 Å². The Bertz CT molecular complexity index is 167. The molecule has 9 nitrogen and oxygen atoms in total. The summed E-state index contributed by atoms with van der Waals surface area (Å²) in [6, 6.07) is 0. The van der Waals surface area contributed by atoms with Crippen LogP contribution in [0.5, 0.6) is 0 Å². The van der Waals surface area contributed by atoms with Gasteiger partial charge in [0.05, 0.1) is 0 Å². The molecule has 0 aromatic heterocycles. The molecule has 0 fully saturated rings. The third-order valence-electron chi connectivity index (χ3n) is 1.21. The molecule has 0 amide bonds. The lowest BCUT2D eigenvalue weighted by Crippen LogP contribution is -2.37. The second-order valence-electron chi connectivity index (χ2n) is 2.00. The number of hydrazine groups is 1. The fourth-order valence-corrected chi connectivity index (χ4v) is 0.430. The maximum Gasteiger partial charge on any atom is 0.291 e. The second-order valence-corrected chi connectivity index (χ2v) is 2.00. The maximum absolute atomic E-state index is 8.36. The summed E-state index contributed by atoms with van der Waals surface area (Å²) in [4.78, 5) is 8.36. The Hall–Kier alpha value is -1.64. The molecular weight excluding hydrogens is 168 g/mol. The lowest BCUT2D eigenvalue weighted by molar-refractivity contribution is -0.742. The van der Waals surface area contributed by atoms with E-state index in [2.05, 4.69) is 10.4 Å². The zero-order valence-corrected chi connectivity index (χ0v) is 6.65. The topological polar surface area (TPSA) is 121 Å². The van der Waals surface area contributed by atoms with E-state index in [4.69, 9.17) is 21.2 Å². The molecule has 9 heteroatoms. The normalized spacial score (nSPS) is 20.4. The molecule has 0 aliphatic carbocycles. The molecule has 3 N–H and O–H groups in total. The van der Waals surface area contributed by atoms with E-state index in [0.29, 0.717) is 0 Å². The first-order chi connectivity index (χ1) is 5.45. The van der Waals surface area contributed by atoms with Gasteiger partial charge in [0.15, 0.2) is 6.17 Å². The third kappa shape index (κ3) is 3.51. The van der Waals surface area contributed by atoms with E-state index in [1.165, 1.54) is 5.12 Å². The fourth-order valence-electron chi connectivity index (χ4n) is 0.430. The summed E-state index contributed by atoms with van der Waals surface area (Å²) in [6.07, 6.45) is 0.0926. The zero-order valence-electron chi connectivity index (χ0n) is 6.65. The van der Waals surface area contributed by atoms with Gasteiger partial charge in [-0.25, -0.2) is 5.84 Å². The van der Waals surface area contributed by atoms with Crippen LogP contribution < -0.4 is 5.84 Å². The molecule has 0 aromatic carbocycles. The lowest BCUT2D eigenvalue weighted by atomic mass is 10.6. The van der Waals surface area contributed by atoms with E-state index in [9.17, 15) is 0 Å². The minimum absolute atomic E-state index is 0.0926. The standard InChI is InChI=1S/C3H9N5.HNO3/c1-3-7(2)5-6-8(3)4;2-1(3)4/h3H,4H2,1-2H3;(H,2,3,4). The smallest absolute Gasteiger partial charge is 0.291 e. The van der Waals surface area contributed by atoms with Crippen LogP contribution in [-0.4, -0.2) is 33.6 Å². The molecule has 1 aliphatic heterocycles. The Morgan fingerprint density at radius 3 is 2.17 bits per heavy atom. The summed E-state index contributed by atoms with van der Waals surface area (Å²) in [7, 11) is 1.82. The molecule has 0 spiro atoms. The Balaban J connectivity index is 0.000000261. The zero-order chi connectivity index (χ0) is 9.72. The predicted octanol–water partition coefficient (Wildman–Crippen LogP) is -0.612. The number of hydrogen-bond acceptors (Lipinski definition) is 7. The van der Waals surface area contributed by atoms with Crippen LogP contribution in [0.2, 0.25) is 0 Å². The first-order valence-corrected chi connectivity index (χ1v) is 2.96. The number of rotatable bonds is 0. The first-order valence-electron chi connectivity index (χ1n) is 2.96. The highest BCUT2D eigenvalue weighted by atomic mass is 16.9. The molecule has 0 saturated heterocycles. The van der Waals surface area contributed by atoms with Crippen LogP contribution >= 0.6 is 0 Å². The monoisotopic (exact) mass is 178 g/mol. The van der Waals surface area contributed by atoms with Crippen molar-refractivity contribution >= 4 is 0 Å². The van der Waals surface area contributed by atoms with Gasteiger partial charge in [-0.15, -0.1) is 10.1 Å². The largest absolute Gasteiger partial charge is 0.328 e. The van der Waals surface area contributed by atoms with Gasteiger partial charge in [0.25, 0.3) is 5.09 Å². The van der Waals surface area contributed by atoms with E-state index in [1.807, 2.05) is 14.0 Å². The van der Waals surface area contributed by atoms with Crippen LogP contribution in [0.4, 0.5) is 0 Å². The van der Waals surface area contributed by atoms with Crippen LogP contribution in [0.3, 0.4) is 0 Å². The molecule has 0 aromatic rings. The molecular formula is C3H10N6O3. The van der Waals surface area contributed by atoms with Gasteiger partial charge < -0.3 is 5.21 Å². The van der Waals surface area contributed by atoms with Crippen LogP contribution in [0, 0.1) is 10.1 Å². The van der Waals surface area contributed by atoms with Crippen molar-refractivity contribution in [3.05, 3.63) is 10.1 Å². The van der Waals surface area contributed by atoms with Gasteiger partial charge >= 0.3 is 0 Å². The molecule has 1 heterocycles. The highest BCUT2D eigenvalue weighted by Gasteiger charge is 2.17. The summed E-state index contributed by atoms with van der Waals surface area (Å²) >= 11 is 0. The molecule has 1 rings (SSSR count). The summed E-state index contributed by atoms with van der Waals surface area (Å²) < 4.78 is 0. The molecule has 0 radical (unpaired) electrons. The lowest BCUT2D eigenvalue weighted by Gasteiger charge is -2.15. The Kier molecular flexibility index (Phi) is 3.70. The molecule has 70 valence electrons. The molecule has 1 unspecified atom stereocenters. The van der Waals surface area contributed by atoms with E-state index in [1.54, 1.807) is 5.01 Å². The van der Waals surface area contributed by atoms with Gasteiger partial charge in [-0.2, -0.15) is 5.12 Å². The molecule has 1 aliphatic rings. The van der Waals surface area contributed by atoms with Gasteiger partial charge in [-0.3, -0.25) is 5.01 Å². The number of hydrogen-bond donors (Lipinski definition) is 2. The number of nitrogens with two attached hydrogens (primary N) is 1. The van der Waals surface area contributed by atoms with Crippen molar-refractivity contribution in [1.82, 2.24) is 10.1 Å². The molecule has 1 atom stereocenters. The Labute approximate surface area is 68.1 Å². The van der Waals surface area contributed by atoms with Gasteiger partial charge in [-0.05, 0) is 12.1 Å². The molecule has 0 saturated carbocycles. The van der Waals surface area contributed by atoms with E-state index < -0.39 is 5.09 Å². The SMILES string of the molecule is CC1N(C)N=NN1N.O=[N+]([O-])O. The first kappa shape index (κ1) is 10.4. The van der Waals surface area contributed by atoms with E-state index >= 15 is 0 Å². The average Bonchev–Trinajstić information content (AvgIpc) is 2.19. The minimum atomic E-state index is -1.50. The quantitative estimate of drug-likeness (QED) is 0.290. The van der Waals surface area contributed by atoms with Crippen molar-refractivity contribution in [2.24, 2.45) is 16.3 Å². The van der Waals surface area contributed by atoms with E-state index in [0.717, 1.165) is 0 Å². The summed E-state index contributed by atoms with van der Waals surface area (Å²) in [5.74, 6) is 5.30. The van der Waals surface area contributed by atoms with Crippen molar-refractivity contribution < 1.29 is 10.3 Å². The van der Waals surface area contributed by atoms with Gasteiger partial charge in [0.2, 0.25) is 0 Å². The second kappa shape index (κ2) is 4.28. The summed E-state index contributed by atoms with van der Waals surface area (Å²) in [5, 5.41) is 23.8. The Morgan fingerprint density at radius 1 is 1.67 bits per heavy atom. The molecule has 0 bridgehead atoms. The van der Waals surface area contributed by atoms with Gasteiger partial charge in [-0.1, -0.05) is 5.22 Å². The van der Waals surface area contributed by atoms with Crippen molar-refractivity contribution in [1.29, 1.82) is 0 Å². The van der Waals surface area contributed by atoms with Crippen LogP contribution in [0.15, 0.2) is 10.4 Å². The fraction of sp³-hybridized carbons (Fsp3) is 1.00. The Morgan fingerprint density at radius 2 is 2.08 bits per heavy atom.